The Hall–Kier alpha value is -4.58. The van der Waals surface area contributed by atoms with Crippen molar-refractivity contribution in [3.05, 3.63) is 125 Å². The first-order valence-electron chi connectivity index (χ1n) is 13.0. The van der Waals surface area contributed by atoms with Crippen LogP contribution in [-0.2, 0) is 33.7 Å². The number of oxazole rings is 1. The first-order valence-corrected chi connectivity index (χ1v) is 13.0. The molecule has 1 aromatic heterocycles. The fourth-order valence-corrected chi connectivity index (χ4v) is 4.03. The van der Waals surface area contributed by atoms with Crippen molar-refractivity contribution in [3.8, 4) is 17.2 Å². The van der Waals surface area contributed by atoms with E-state index in [9.17, 15) is 4.79 Å². The van der Waals surface area contributed by atoms with Gasteiger partial charge in [0.05, 0.1) is 18.9 Å². The lowest BCUT2D eigenvalue weighted by molar-refractivity contribution is -0.144. The Bertz CT molecular complexity index is 1410. The molecule has 0 aliphatic heterocycles. The lowest BCUT2D eigenvalue weighted by Gasteiger charge is -2.12. The minimum absolute atomic E-state index is 0.155. The van der Waals surface area contributed by atoms with Gasteiger partial charge in [0.15, 0.2) is 0 Å². The number of esters is 1. The molecule has 200 valence electrons. The molecule has 4 aromatic rings. The Morgan fingerprint density at radius 1 is 1.00 bits per heavy atom. The number of rotatable bonds is 13. The number of benzene rings is 3. The molecule has 0 saturated heterocycles. The fraction of sp³-hybridized carbons (Fsp3) is 0.212. The van der Waals surface area contributed by atoms with Crippen LogP contribution in [0.5, 0.6) is 5.75 Å². The van der Waals surface area contributed by atoms with Crippen LogP contribution in [0.15, 0.2) is 102 Å². The van der Waals surface area contributed by atoms with Gasteiger partial charge < -0.3 is 18.6 Å². The van der Waals surface area contributed by atoms with E-state index in [0.717, 1.165) is 39.5 Å². The van der Waals surface area contributed by atoms with Gasteiger partial charge in [-0.05, 0) is 67.3 Å². The van der Waals surface area contributed by atoms with Gasteiger partial charge >= 0.3 is 5.97 Å². The number of aryl methyl sites for hydroxylation is 1. The van der Waals surface area contributed by atoms with E-state index in [-0.39, 0.29) is 12.4 Å². The van der Waals surface area contributed by atoms with Crippen LogP contribution in [0, 0.1) is 6.92 Å². The lowest BCUT2D eigenvalue weighted by atomic mass is 10.1. The Morgan fingerprint density at radius 2 is 1.74 bits per heavy atom. The van der Waals surface area contributed by atoms with Crippen molar-refractivity contribution < 1.29 is 23.4 Å². The number of carbonyl (C=O) groups is 1. The van der Waals surface area contributed by atoms with Crippen LogP contribution >= 0.6 is 0 Å². The Labute approximate surface area is 229 Å². The zero-order valence-corrected chi connectivity index (χ0v) is 22.4. The van der Waals surface area contributed by atoms with Crippen molar-refractivity contribution in [2.75, 3.05) is 13.2 Å². The summed E-state index contributed by atoms with van der Waals surface area (Å²) < 4.78 is 23.1. The van der Waals surface area contributed by atoms with E-state index >= 15 is 0 Å². The average molecular weight is 524 g/mol. The van der Waals surface area contributed by atoms with Crippen molar-refractivity contribution in [3.63, 3.8) is 0 Å². The van der Waals surface area contributed by atoms with E-state index in [1.54, 1.807) is 6.08 Å². The smallest absolute Gasteiger partial charge is 0.373 e. The minimum Gasteiger partial charge on any atom is -0.493 e. The highest BCUT2D eigenvalue weighted by Crippen LogP contribution is 2.25. The van der Waals surface area contributed by atoms with Crippen LogP contribution in [-0.4, -0.2) is 24.2 Å². The number of aromatic nitrogens is 1. The van der Waals surface area contributed by atoms with Crippen LogP contribution in [0.1, 0.15) is 35.1 Å². The van der Waals surface area contributed by atoms with Crippen LogP contribution in [0.25, 0.3) is 17.5 Å². The summed E-state index contributed by atoms with van der Waals surface area (Å²) in [5.74, 6) is 1.79. The molecule has 0 radical (unpaired) electrons. The summed E-state index contributed by atoms with van der Waals surface area (Å²) in [4.78, 5) is 17.4. The Morgan fingerprint density at radius 3 is 2.46 bits per heavy atom. The molecule has 0 bridgehead atoms. The van der Waals surface area contributed by atoms with E-state index in [1.165, 1.54) is 0 Å². The predicted molar refractivity (Wildman–Crippen MR) is 152 cm³/mol. The van der Waals surface area contributed by atoms with Gasteiger partial charge in [0.2, 0.25) is 11.6 Å². The molecule has 0 unspecified atom stereocenters. The Kier molecular flexibility index (Phi) is 9.73. The second-order valence-electron chi connectivity index (χ2n) is 8.85. The molecule has 6 heteroatoms. The topological polar surface area (TPSA) is 70.8 Å². The average Bonchev–Trinajstić information content (AvgIpc) is 3.34. The number of ether oxygens (including phenoxy) is 3. The van der Waals surface area contributed by atoms with E-state index in [4.69, 9.17) is 18.6 Å². The zero-order valence-electron chi connectivity index (χ0n) is 22.4. The molecule has 0 aliphatic carbocycles. The van der Waals surface area contributed by atoms with Crippen LogP contribution in [0.4, 0.5) is 0 Å². The summed E-state index contributed by atoms with van der Waals surface area (Å²) in [5.41, 5.74) is 4.48. The third kappa shape index (κ3) is 7.71. The SMILES string of the molecule is C=CCc1cc(C=C(OCC)C(=O)OCc2ccccc2)ccc1OCCc1nc(-c2ccccc2)oc1C. The largest absolute Gasteiger partial charge is 0.493 e. The predicted octanol–water partition coefficient (Wildman–Crippen LogP) is 7.12. The van der Waals surface area contributed by atoms with Gasteiger partial charge in [-0.1, -0.05) is 60.7 Å². The molecule has 3 aromatic carbocycles. The van der Waals surface area contributed by atoms with E-state index in [0.29, 0.717) is 31.9 Å². The summed E-state index contributed by atoms with van der Waals surface area (Å²) in [7, 11) is 0. The highest BCUT2D eigenvalue weighted by molar-refractivity contribution is 5.91. The number of carbonyl (C=O) groups excluding carboxylic acids is 1. The first kappa shape index (κ1) is 27.5. The molecule has 0 saturated carbocycles. The standard InChI is InChI=1S/C33H33NO5/c1-4-12-28-21-26(22-31(36-5-2)33(35)38-23-25-13-8-6-9-14-25)17-18-30(28)37-20-19-29-24(3)39-32(34-29)27-15-10-7-11-16-27/h4,6-11,13-18,21-22H,1,5,12,19-20,23H2,2-3H3. The third-order valence-electron chi connectivity index (χ3n) is 5.97. The number of allylic oxidation sites excluding steroid dienone is 1. The van der Waals surface area contributed by atoms with Crippen LogP contribution in [0.3, 0.4) is 0 Å². The van der Waals surface area contributed by atoms with E-state index in [1.807, 2.05) is 98.8 Å². The van der Waals surface area contributed by atoms with Crippen molar-refractivity contribution in [2.24, 2.45) is 0 Å². The van der Waals surface area contributed by atoms with Crippen molar-refractivity contribution in [1.29, 1.82) is 0 Å². The molecule has 0 spiro atoms. The number of hydrogen-bond donors (Lipinski definition) is 0. The van der Waals surface area contributed by atoms with Gasteiger partial charge in [0.25, 0.3) is 0 Å². The maximum Gasteiger partial charge on any atom is 0.373 e. The van der Waals surface area contributed by atoms with E-state index < -0.39 is 5.97 Å². The molecule has 39 heavy (non-hydrogen) atoms. The molecule has 0 amide bonds. The zero-order chi connectivity index (χ0) is 27.5. The normalized spacial score (nSPS) is 11.2. The van der Waals surface area contributed by atoms with Crippen LogP contribution in [0.2, 0.25) is 0 Å². The molecule has 0 N–H and O–H groups in total. The maximum absolute atomic E-state index is 12.7. The van der Waals surface area contributed by atoms with Crippen LogP contribution < -0.4 is 4.74 Å². The van der Waals surface area contributed by atoms with Crippen molar-refractivity contribution in [2.45, 2.75) is 33.3 Å². The van der Waals surface area contributed by atoms with Crippen molar-refractivity contribution >= 4 is 12.0 Å². The Balaban J connectivity index is 1.43. The third-order valence-corrected chi connectivity index (χ3v) is 5.97. The monoisotopic (exact) mass is 523 g/mol. The van der Waals surface area contributed by atoms with Crippen molar-refractivity contribution in [1.82, 2.24) is 4.98 Å². The second kappa shape index (κ2) is 13.8. The molecule has 0 atom stereocenters. The summed E-state index contributed by atoms with van der Waals surface area (Å²) in [6, 6.07) is 25.1. The molecule has 6 nitrogen and oxygen atoms in total. The molecular weight excluding hydrogens is 490 g/mol. The maximum atomic E-state index is 12.7. The first-order chi connectivity index (χ1) is 19.1. The minimum atomic E-state index is -0.510. The quantitative estimate of drug-likeness (QED) is 0.0804. The van der Waals surface area contributed by atoms with Gasteiger partial charge in [0.1, 0.15) is 18.1 Å². The summed E-state index contributed by atoms with van der Waals surface area (Å²) >= 11 is 0. The lowest BCUT2D eigenvalue weighted by Crippen LogP contribution is -2.11. The number of hydrogen-bond acceptors (Lipinski definition) is 6. The second-order valence-corrected chi connectivity index (χ2v) is 8.85. The summed E-state index contributed by atoms with van der Waals surface area (Å²) in [6.07, 6.45) is 4.73. The van der Waals surface area contributed by atoms with Gasteiger partial charge in [-0.15, -0.1) is 6.58 Å². The molecule has 1 heterocycles. The summed E-state index contributed by atoms with van der Waals surface area (Å²) in [5, 5.41) is 0. The van der Waals surface area contributed by atoms with Gasteiger partial charge in [-0.25, -0.2) is 9.78 Å². The molecule has 4 rings (SSSR count). The molecule has 0 fully saturated rings. The highest BCUT2D eigenvalue weighted by Gasteiger charge is 2.15. The van der Waals surface area contributed by atoms with Gasteiger partial charge in [0, 0.05) is 12.0 Å². The van der Waals surface area contributed by atoms with E-state index in [2.05, 4.69) is 11.6 Å². The number of nitrogens with zero attached hydrogens (tertiary/aromatic N) is 1. The molecule has 0 aliphatic rings. The summed E-state index contributed by atoms with van der Waals surface area (Å²) in [6.45, 7) is 8.59. The molecular formula is C33H33NO5. The fourth-order valence-electron chi connectivity index (χ4n) is 4.03. The van der Waals surface area contributed by atoms with Gasteiger partial charge in [-0.2, -0.15) is 0 Å². The van der Waals surface area contributed by atoms with Gasteiger partial charge in [-0.3, -0.25) is 0 Å². The highest BCUT2D eigenvalue weighted by atomic mass is 16.6.